The summed E-state index contributed by atoms with van der Waals surface area (Å²) in [5, 5.41) is 0. The summed E-state index contributed by atoms with van der Waals surface area (Å²) >= 11 is 0. The summed E-state index contributed by atoms with van der Waals surface area (Å²) < 4.78 is 5.79. The molecule has 22 heavy (non-hydrogen) atoms. The summed E-state index contributed by atoms with van der Waals surface area (Å²) in [4.78, 5) is 23.8. The van der Waals surface area contributed by atoms with Gasteiger partial charge < -0.3 is 9.64 Å². The Kier molecular flexibility index (Phi) is 4.17. The second kappa shape index (κ2) is 5.95. The van der Waals surface area contributed by atoms with Crippen LogP contribution in [0.15, 0.2) is 6.20 Å². The van der Waals surface area contributed by atoms with Crippen LogP contribution in [-0.2, 0) is 29.0 Å². The number of hydrogen-bond donors (Lipinski definition) is 0. The van der Waals surface area contributed by atoms with Crippen molar-refractivity contribution in [2.75, 3.05) is 6.61 Å². The average Bonchev–Trinajstić information content (AvgIpc) is 2.89. The summed E-state index contributed by atoms with van der Waals surface area (Å²) in [7, 11) is 0. The fourth-order valence-electron chi connectivity index (χ4n) is 3.24. The summed E-state index contributed by atoms with van der Waals surface area (Å²) in [5.74, 6) is 1.51. The van der Waals surface area contributed by atoms with E-state index < -0.39 is 5.60 Å². The topological polar surface area (TPSA) is 55.3 Å². The van der Waals surface area contributed by atoms with Crippen LogP contribution in [0.2, 0.25) is 0 Å². The normalized spacial score (nSPS) is 24.6. The highest BCUT2D eigenvalue weighted by molar-refractivity contribution is 5.85. The Morgan fingerprint density at radius 2 is 2.23 bits per heavy atom. The Morgan fingerprint density at radius 1 is 1.41 bits per heavy atom. The van der Waals surface area contributed by atoms with Crippen molar-refractivity contribution in [3.8, 4) is 0 Å². The monoisotopic (exact) mass is 303 g/mol. The molecule has 0 unspecified atom stereocenters. The van der Waals surface area contributed by atoms with Crippen LogP contribution in [0.1, 0.15) is 57.1 Å². The molecule has 5 nitrogen and oxygen atoms in total. The molecule has 1 atom stereocenters. The van der Waals surface area contributed by atoms with Gasteiger partial charge in [-0.2, -0.15) is 0 Å². The zero-order valence-electron chi connectivity index (χ0n) is 13.8. The standard InChI is InChI=1S/C17H25N3O2/c1-12(2)8-15-18-9-13-10-20(11-14(13)19-15)16(21)17(3)6-4-5-7-22-17/h9,12H,4-8,10-11H2,1-3H3/t17-/m0/s1. The predicted octanol–water partition coefficient (Wildman–Crippen LogP) is 2.48. The van der Waals surface area contributed by atoms with Crippen LogP contribution < -0.4 is 0 Å². The highest BCUT2D eigenvalue weighted by atomic mass is 16.5. The molecule has 0 aliphatic carbocycles. The van der Waals surface area contributed by atoms with Gasteiger partial charge in [0, 0.05) is 31.3 Å². The van der Waals surface area contributed by atoms with Gasteiger partial charge in [0.2, 0.25) is 0 Å². The van der Waals surface area contributed by atoms with E-state index in [4.69, 9.17) is 4.74 Å². The molecule has 0 saturated carbocycles. The molecule has 1 amide bonds. The molecule has 2 aliphatic rings. The van der Waals surface area contributed by atoms with Gasteiger partial charge in [0.1, 0.15) is 11.4 Å². The SMILES string of the molecule is CC(C)Cc1ncc2c(n1)CN(C(=O)[C@]1(C)CCCCO1)C2. The number of carbonyl (C=O) groups is 1. The summed E-state index contributed by atoms with van der Waals surface area (Å²) in [5.41, 5.74) is 1.41. The zero-order valence-corrected chi connectivity index (χ0v) is 13.8. The van der Waals surface area contributed by atoms with Crippen molar-refractivity contribution in [3.05, 3.63) is 23.3 Å². The maximum absolute atomic E-state index is 12.8. The first-order valence-electron chi connectivity index (χ1n) is 8.25. The molecule has 0 spiro atoms. The van der Waals surface area contributed by atoms with E-state index in [-0.39, 0.29) is 5.91 Å². The molecule has 1 aromatic heterocycles. The summed E-state index contributed by atoms with van der Waals surface area (Å²) in [6, 6.07) is 0. The Labute approximate surface area is 132 Å². The molecule has 120 valence electrons. The minimum Gasteiger partial charge on any atom is -0.365 e. The van der Waals surface area contributed by atoms with Gasteiger partial charge in [-0.25, -0.2) is 9.97 Å². The third-order valence-electron chi connectivity index (χ3n) is 4.51. The third-order valence-corrected chi connectivity index (χ3v) is 4.51. The lowest BCUT2D eigenvalue weighted by atomic mass is 9.94. The number of nitrogens with zero attached hydrogens (tertiary/aromatic N) is 3. The first-order valence-corrected chi connectivity index (χ1v) is 8.25. The minimum absolute atomic E-state index is 0.0932. The molecule has 1 fully saturated rings. The Morgan fingerprint density at radius 3 is 2.91 bits per heavy atom. The summed E-state index contributed by atoms with van der Waals surface area (Å²) in [6.45, 7) is 8.12. The smallest absolute Gasteiger partial charge is 0.255 e. The van der Waals surface area contributed by atoms with E-state index in [0.717, 1.165) is 42.8 Å². The van der Waals surface area contributed by atoms with E-state index in [9.17, 15) is 4.79 Å². The van der Waals surface area contributed by atoms with Crippen molar-refractivity contribution >= 4 is 5.91 Å². The fraction of sp³-hybridized carbons (Fsp3) is 0.706. The van der Waals surface area contributed by atoms with Crippen LogP contribution in [0.4, 0.5) is 0 Å². The third kappa shape index (κ3) is 3.00. The van der Waals surface area contributed by atoms with Crippen LogP contribution in [0.3, 0.4) is 0 Å². The number of aromatic nitrogens is 2. The molecule has 0 bridgehead atoms. The molecule has 0 N–H and O–H groups in total. The average molecular weight is 303 g/mol. The number of hydrogen-bond acceptors (Lipinski definition) is 4. The fourth-order valence-corrected chi connectivity index (χ4v) is 3.24. The molecule has 0 radical (unpaired) electrons. The maximum atomic E-state index is 12.8. The highest BCUT2D eigenvalue weighted by Crippen LogP contribution is 2.30. The Bertz CT molecular complexity index is 565. The molecule has 3 heterocycles. The predicted molar refractivity (Wildman–Crippen MR) is 83.0 cm³/mol. The molecular formula is C17H25N3O2. The van der Waals surface area contributed by atoms with Gasteiger partial charge in [-0.05, 0) is 32.1 Å². The number of ether oxygens (including phenoxy) is 1. The van der Waals surface area contributed by atoms with Gasteiger partial charge in [0.05, 0.1) is 12.2 Å². The van der Waals surface area contributed by atoms with Gasteiger partial charge in [-0.15, -0.1) is 0 Å². The summed E-state index contributed by atoms with van der Waals surface area (Å²) in [6.07, 6.45) is 5.68. The van der Waals surface area contributed by atoms with E-state index in [2.05, 4.69) is 23.8 Å². The van der Waals surface area contributed by atoms with Crippen molar-refractivity contribution in [3.63, 3.8) is 0 Å². The number of fused-ring (bicyclic) bond motifs is 1. The first kappa shape index (κ1) is 15.4. The molecule has 0 aromatic carbocycles. The van der Waals surface area contributed by atoms with E-state index in [0.29, 0.717) is 25.6 Å². The van der Waals surface area contributed by atoms with E-state index in [1.54, 1.807) is 0 Å². The zero-order chi connectivity index (χ0) is 15.7. The van der Waals surface area contributed by atoms with E-state index in [1.807, 2.05) is 18.0 Å². The lowest BCUT2D eigenvalue weighted by Crippen LogP contribution is -2.48. The minimum atomic E-state index is -0.658. The van der Waals surface area contributed by atoms with Crippen LogP contribution in [0.25, 0.3) is 0 Å². The van der Waals surface area contributed by atoms with Gasteiger partial charge >= 0.3 is 0 Å². The van der Waals surface area contributed by atoms with Crippen LogP contribution in [-0.4, -0.2) is 33.0 Å². The van der Waals surface area contributed by atoms with Gasteiger partial charge in [0.25, 0.3) is 5.91 Å². The number of amides is 1. The van der Waals surface area contributed by atoms with Crippen LogP contribution in [0, 0.1) is 5.92 Å². The molecular weight excluding hydrogens is 278 g/mol. The lowest BCUT2D eigenvalue weighted by molar-refractivity contribution is -0.162. The second-order valence-electron chi connectivity index (χ2n) is 7.05. The molecule has 5 heteroatoms. The highest BCUT2D eigenvalue weighted by Gasteiger charge is 2.41. The molecule has 2 aliphatic heterocycles. The van der Waals surface area contributed by atoms with Crippen LogP contribution in [0.5, 0.6) is 0 Å². The molecule has 1 aromatic rings. The number of carbonyl (C=O) groups excluding carboxylic acids is 1. The number of rotatable bonds is 3. The largest absolute Gasteiger partial charge is 0.365 e. The van der Waals surface area contributed by atoms with Crippen molar-refractivity contribution in [1.29, 1.82) is 0 Å². The quantitative estimate of drug-likeness (QED) is 0.861. The van der Waals surface area contributed by atoms with E-state index in [1.165, 1.54) is 0 Å². The first-order chi connectivity index (χ1) is 10.5. The Hall–Kier alpha value is -1.49. The maximum Gasteiger partial charge on any atom is 0.255 e. The molecule has 1 saturated heterocycles. The van der Waals surface area contributed by atoms with Crippen molar-refractivity contribution < 1.29 is 9.53 Å². The van der Waals surface area contributed by atoms with Gasteiger partial charge in [0.15, 0.2) is 0 Å². The van der Waals surface area contributed by atoms with Gasteiger partial charge in [-0.1, -0.05) is 13.8 Å². The van der Waals surface area contributed by atoms with Gasteiger partial charge in [-0.3, -0.25) is 4.79 Å². The lowest BCUT2D eigenvalue weighted by Gasteiger charge is -2.35. The molecule has 3 rings (SSSR count). The van der Waals surface area contributed by atoms with Crippen LogP contribution >= 0.6 is 0 Å². The second-order valence-corrected chi connectivity index (χ2v) is 7.05. The van der Waals surface area contributed by atoms with Crippen molar-refractivity contribution in [2.45, 2.75) is 65.1 Å². The Balaban J connectivity index is 1.72. The van der Waals surface area contributed by atoms with Crippen molar-refractivity contribution in [1.82, 2.24) is 14.9 Å². The van der Waals surface area contributed by atoms with Crippen molar-refractivity contribution in [2.24, 2.45) is 5.92 Å². The van der Waals surface area contributed by atoms with E-state index >= 15 is 0 Å².